The first-order chi connectivity index (χ1) is 24.8. The van der Waals surface area contributed by atoms with Crippen LogP contribution in [0.5, 0.6) is 0 Å². The van der Waals surface area contributed by atoms with E-state index >= 15 is 0 Å². The summed E-state index contributed by atoms with van der Waals surface area (Å²) < 4.78 is 6.40. The molecule has 50 heavy (non-hydrogen) atoms. The van der Waals surface area contributed by atoms with Gasteiger partial charge in [-0.1, -0.05) is 146 Å². The molecule has 0 N–H and O–H groups in total. The summed E-state index contributed by atoms with van der Waals surface area (Å²) >= 11 is 0. The lowest BCUT2D eigenvalue weighted by molar-refractivity contribution is 0.670. The summed E-state index contributed by atoms with van der Waals surface area (Å²) in [6, 6.07) is 67.6. The van der Waals surface area contributed by atoms with Crippen molar-refractivity contribution in [2.75, 3.05) is 4.90 Å². The molecule has 0 aliphatic heterocycles. The second kappa shape index (κ2) is 11.5. The lowest BCUT2D eigenvalue weighted by Crippen LogP contribution is -2.10. The molecule has 2 heteroatoms. The average molecular weight is 638 g/mol. The molecule has 10 aromatic rings. The van der Waals surface area contributed by atoms with Gasteiger partial charge in [0.05, 0.1) is 5.69 Å². The molecule has 10 rings (SSSR count). The number of hydrogen-bond donors (Lipinski definition) is 0. The van der Waals surface area contributed by atoms with Crippen LogP contribution in [0, 0.1) is 0 Å². The Morgan fingerprint density at radius 2 is 0.920 bits per heavy atom. The highest BCUT2D eigenvalue weighted by molar-refractivity contribution is 6.15. The predicted octanol–water partition coefficient (Wildman–Crippen LogP) is 13.8. The van der Waals surface area contributed by atoms with Crippen molar-refractivity contribution in [1.29, 1.82) is 0 Å². The molecule has 234 valence electrons. The van der Waals surface area contributed by atoms with Crippen LogP contribution in [0.15, 0.2) is 192 Å². The Balaban J connectivity index is 1.13. The number of furan rings is 1. The molecule has 0 saturated carbocycles. The van der Waals surface area contributed by atoms with Crippen molar-refractivity contribution in [3.63, 3.8) is 0 Å². The fourth-order valence-corrected chi connectivity index (χ4v) is 7.58. The highest BCUT2D eigenvalue weighted by atomic mass is 16.3. The van der Waals surface area contributed by atoms with Crippen LogP contribution in [0.1, 0.15) is 0 Å². The number of anilines is 3. The molecule has 0 spiro atoms. The van der Waals surface area contributed by atoms with Crippen LogP contribution >= 0.6 is 0 Å². The van der Waals surface area contributed by atoms with Crippen LogP contribution in [0.25, 0.3) is 76.5 Å². The van der Waals surface area contributed by atoms with Gasteiger partial charge in [0.25, 0.3) is 0 Å². The van der Waals surface area contributed by atoms with E-state index in [9.17, 15) is 0 Å². The second-order valence-electron chi connectivity index (χ2n) is 12.9. The van der Waals surface area contributed by atoms with Gasteiger partial charge in [0, 0.05) is 33.1 Å². The van der Waals surface area contributed by atoms with E-state index in [-0.39, 0.29) is 0 Å². The Bertz CT molecular complexity index is 2860. The SMILES string of the molecule is c1ccc2cc(-c3ccc(N(c4ccc(-c5cccc6c5oc5ccccc56)cc4)c4cc5ccccc5c5ccccc45)cc3)ccc2c1. The van der Waals surface area contributed by atoms with E-state index in [2.05, 4.69) is 181 Å². The van der Waals surface area contributed by atoms with Gasteiger partial charge in [-0.25, -0.2) is 0 Å². The normalized spacial score (nSPS) is 11.6. The molecule has 0 aliphatic rings. The maximum absolute atomic E-state index is 6.40. The minimum Gasteiger partial charge on any atom is -0.455 e. The molecule has 0 aliphatic carbocycles. The van der Waals surface area contributed by atoms with E-state index in [1.165, 1.54) is 43.4 Å². The highest BCUT2D eigenvalue weighted by Gasteiger charge is 2.19. The van der Waals surface area contributed by atoms with E-state index in [1.807, 2.05) is 12.1 Å². The number of rotatable bonds is 5. The first-order valence-electron chi connectivity index (χ1n) is 17.1. The molecule has 0 unspecified atom stereocenters. The third-order valence-electron chi connectivity index (χ3n) is 10.0. The Kier molecular flexibility index (Phi) is 6.53. The van der Waals surface area contributed by atoms with Crippen molar-refractivity contribution in [1.82, 2.24) is 0 Å². The summed E-state index contributed by atoms with van der Waals surface area (Å²) in [4.78, 5) is 2.39. The standard InChI is InChI=1S/C48H31NO/c1-2-11-35-30-36(21-20-32(35)10-1)33-22-26-38(27-23-33)49(46-31-37-12-3-4-13-40(37)42-14-5-6-15-43(42)46)39-28-24-34(25-29-39)41-17-9-18-45-44-16-7-8-19-47(44)50-48(41)45/h1-31H. The molecule has 0 saturated heterocycles. The lowest BCUT2D eigenvalue weighted by Gasteiger charge is -2.28. The molecule has 0 radical (unpaired) electrons. The molecule has 1 heterocycles. The summed E-state index contributed by atoms with van der Waals surface area (Å²) in [5.41, 5.74) is 9.77. The number of benzene rings is 9. The predicted molar refractivity (Wildman–Crippen MR) is 212 cm³/mol. The van der Waals surface area contributed by atoms with Gasteiger partial charge in [-0.05, 0) is 86.1 Å². The summed E-state index contributed by atoms with van der Waals surface area (Å²) in [5.74, 6) is 0. The van der Waals surface area contributed by atoms with Crippen molar-refractivity contribution in [3.8, 4) is 22.3 Å². The zero-order valence-electron chi connectivity index (χ0n) is 27.3. The van der Waals surface area contributed by atoms with Crippen LogP contribution in [0.4, 0.5) is 17.1 Å². The van der Waals surface area contributed by atoms with Crippen LogP contribution in [0.3, 0.4) is 0 Å². The third-order valence-corrected chi connectivity index (χ3v) is 10.0. The minimum atomic E-state index is 0.910. The van der Waals surface area contributed by atoms with E-state index in [4.69, 9.17) is 4.42 Å². The molecule has 0 amide bonds. The third kappa shape index (κ3) is 4.65. The van der Waals surface area contributed by atoms with Gasteiger partial charge < -0.3 is 9.32 Å². The molecule has 0 atom stereocenters. The number of nitrogens with zero attached hydrogens (tertiary/aromatic N) is 1. The number of para-hydroxylation sites is 2. The van der Waals surface area contributed by atoms with Gasteiger partial charge >= 0.3 is 0 Å². The molecule has 0 fully saturated rings. The molecular formula is C48H31NO. The van der Waals surface area contributed by atoms with Gasteiger partial charge in [-0.2, -0.15) is 0 Å². The fraction of sp³-hybridized carbons (Fsp3) is 0. The monoisotopic (exact) mass is 637 g/mol. The zero-order chi connectivity index (χ0) is 33.0. The van der Waals surface area contributed by atoms with E-state index < -0.39 is 0 Å². The van der Waals surface area contributed by atoms with Gasteiger partial charge in [-0.3, -0.25) is 0 Å². The van der Waals surface area contributed by atoms with Crippen LogP contribution in [-0.4, -0.2) is 0 Å². The Morgan fingerprint density at radius 3 is 1.70 bits per heavy atom. The van der Waals surface area contributed by atoms with Gasteiger partial charge in [0.2, 0.25) is 0 Å². The Morgan fingerprint density at radius 1 is 0.340 bits per heavy atom. The quantitative estimate of drug-likeness (QED) is 0.175. The van der Waals surface area contributed by atoms with E-state index in [0.29, 0.717) is 0 Å². The molecule has 9 aromatic carbocycles. The zero-order valence-corrected chi connectivity index (χ0v) is 27.3. The topological polar surface area (TPSA) is 16.4 Å². The highest BCUT2D eigenvalue weighted by Crippen LogP contribution is 2.43. The maximum Gasteiger partial charge on any atom is 0.143 e. The molecular weight excluding hydrogens is 607 g/mol. The first kappa shape index (κ1) is 28.4. The van der Waals surface area contributed by atoms with Crippen molar-refractivity contribution in [2.24, 2.45) is 0 Å². The Labute approximate surface area is 290 Å². The number of fused-ring (bicyclic) bond motifs is 7. The second-order valence-corrected chi connectivity index (χ2v) is 12.9. The van der Waals surface area contributed by atoms with Gasteiger partial charge in [0.1, 0.15) is 11.2 Å². The van der Waals surface area contributed by atoms with Crippen LogP contribution in [0.2, 0.25) is 0 Å². The summed E-state index contributed by atoms with van der Waals surface area (Å²) in [5, 5.41) is 9.70. The van der Waals surface area contributed by atoms with Gasteiger partial charge in [-0.15, -0.1) is 0 Å². The maximum atomic E-state index is 6.40. The molecule has 0 bridgehead atoms. The smallest absolute Gasteiger partial charge is 0.143 e. The largest absolute Gasteiger partial charge is 0.455 e. The van der Waals surface area contributed by atoms with E-state index in [0.717, 1.165) is 50.1 Å². The van der Waals surface area contributed by atoms with Crippen molar-refractivity contribution < 1.29 is 4.42 Å². The Hall–Kier alpha value is -6.64. The van der Waals surface area contributed by atoms with Crippen LogP contribution < -0.4 is 4.90 Å². The number of hydrogen-bond acceptors (Lipinski definition) is 2. The molecule has 2 nitrogen and oxygen atoms in total. The van der Waals surface area contributed by atoms with Gasteiger partial charge in [0.15, 0.2) is 0 Å². The minimum absolute atomic E-state index is 0.910. The van der Waals surface area contributed by atoms with Crippen LogP contribution in [-0.2, 0) is 0 Å². The fourth-order valence-electron chi connectivity index (χ4n) is 7.58. The van der Waals surface area contributed by atoms with E-state index in [1.54, 1.807) is 0 Å². The van der Waals surface area contributed by atoms with Crippen molar-refractivity contribution in [3.05, 3.63) is 188 Å². The first-order valence-corrected chi connectivity index (χ1v) is 17.1. The summed E-state index contributed by atoms with van der Waals surface area (Å²) in [6.07, 6.45) is 0. The molecule has 1 aromatic heterocycles. The average Bonchev–Trinajstić information content (AvgIpc) is 3.58. The van der Waals surface area contributed by atoms with Crippen molar-refractivity contribution in [2.45, 2.75) is 0 Å². The van der Waals surface area contributed by atoms with Crippen molar-refractivity contribution >= 4 is 71.3 Å². The lowest BCUT2D eigenvalue weighted by atomic mass is 9.98. The summed E-state index contributed by atoms with van der Waals surface area (Å²) in [7, 11) is 0. The summed E-state index contributed by atoms with van der Waals surface area (Å²) in [6.45, 7) is 0.